The smallest absolute Gasteiger partial charge is 0.349 e. The summed E-state index contributed by atoms with van der Waals surface area (Å²) in [6, 6.07) is 27.4. The second-order valence-electron chi connectivity index (χ2n) is 8.27. The van der Waals surface area contributed by atoms with Crippen LogP contribution >= 0.6 is 0 Å². The number of benzene rings is 4. The Balaban J connectivity index is 1.77. The molecular formula is C30H29NO5. The molecule has 0 radical (unpaired) electrons. The van der Waals surface area contributed by atoms with E-state index in [0.29, 0.717) is 35.7 Å². The molecule has 0 unspecified atom stereocenters. The third-order valence-corrected chi connectivity index (χ3v) is 5.78. The van der Waals surface area contributed by atoms with Crippen LogP contribution in [0.5, 0.6) is 17.2 Å². The number of carbonyl (C=O) groups is 2. The normalized spacial score (nSPS) is 11.5. The Labute approximate surface area is 210 Å². The molecule has 1 amide bonds. The lowest BCUT2D eigenvalue weighted by Gasteiger charge is -2.25. The van der Waals surface area contributed by atoms with Gasteiger partial charge < -0.3 is 19.5 Å². The minimum absolute atomic E-state index is 0.106. The second-order valence-corrected chi connectivity index (χ2v) is 8.27. The average molecular weight is 484 g/mol. The number of esters is 1. The minimum atomic E-state index is -0.607. The van der Waals surface area contributed by atoms with Crippen molar-refractivity contribution in [1.82, 2.24) is 5.32 Å². The lowest BCUT2D eigenvalue weighted by molar-refractivity contribution is -0.136. The van der Waals surface area contributed by atoms with E-state index < -0.39 is 12.0 Å². The Morgan fingerprint density at radius 2 is 1.56 bits per heavy atom. The number of rotatable bonds is 10. The molecule has 0 aromatic heterocycles. The van der Waals surface area contributed by atoms with Gasteiger partial charge in [0.05, 0.1) is 13.2 Å². The molecule has 4 aromatic rings. The molecule has 4 aromatic carbocycles. The standard InChI is InChI=1S/C30H29NO5/c1-3-11-27(32)31-30(24-16-9-10-17-25(24)34-2)29-23-15-8-7-12-21(23)18-19-26(29)36-28(33)20-35-22-13-5-4-6-14-22/h4-10,12-19,30H,3,11,20H2,1-2H3,(H,31,32)/t30-/m1/s1. The van der Waals surface area contributed by atoms with Crippen molar-refractivity contribution in [1.29, 1.82) is 0 Å². The molecule has 0 aliphatic heterocycles. The maximum absolute atomic E-state index is 12.8. The van der Waals surface area contributed by atoms with E-state index in [9.17, 15) is 9.59 Å². The Morgan fingerprint density at radius 1 is 0.833 bits per heavy atom. The highest BCUT2D eigenvalue weighted by molar-refractivity contribution is 5.91. The first-order valence-electron chi connectivity index (χ1n) is 11.9. The number of para-hydroxylation sites is 2. The third kappa shape index (κ3) is 5.84. The van der Waals surface area contributed by atoms with Crippen molar-refractivity contribution in [3.8, 4) is 17.2 Å². The van der Waals surface area contributed by atoms with E-state index in [1.807, 2.05) is 79.7 Å². The maximum atomic E-state index is 12.8. The third-order valence-electron chi connectivity index (χ3n) is 5.78. The van der Waals surface area contributed by atoms with Crippen LogP contribution in [0.2, 0.25) is 0 Å². The summed E-state index contributed by atoms with van der Waals surface area (Å²) in [7, 11) is 1.59. The Hall–Kier alpha value is -4.32. The molecule has 36 heavy (non-hydrogen) atoms. The molecule has 1 N–H and O–H groups in total. The van der Waals surface area contributed by atoms with E-state index in [1.165, 1.54) is 0 Å². The van der Waals surface area contributed by atoms with Crippen molar-refractivity contribution in [2.24, 2.45) is 0 Å². The monoisotopic (exact) mass is 483 g/mol. The van der Waals surface area contributed by atoms with Crippen LogP contribution in [0, 0.1) is 0 Å². The van der Waals surface area contributed by atoms with Gasteiger partial charge in [-0.1, -0.05) is 73.7 Å². The summed E-state index contributed by atoms with van der Waals surface area (Å²) < 4.78 is 17.0. The lowest BCUT2D eigenvalue weighted by atomic mass is 9.92. The van der Waals surface area contributed by atoms with Gasteiger partial charge in [0.1, 0.15) is 17.2 Å². The van der Waals surface area contributed by atoms with E-state index in [2.05, 4.69) is 5.32 Å². The van der Waals surface area contributed by atoms with Crippen molar-refractivity contribution in [3.63, 3.8) is 0 Å². The maximum Gasteiger partial charge on any atom is 0.349 e. The summed E-state index contributed by atoms with van der Waals surface area (Å²) in [6.45, 7) is 1.70. The zero-order chi connectivity index (χ0) is 25.3. The first-order valence-corrected chi connectivity index (χ1v) is 11.9. The predicted octanol–water partition coefficient (Wildman–Crippen LogP) is 5.84. The van der Waals surface area contributed by atoms with Gasteiger partial charge in [0.25, 0.3) is 0 Å². The van der Waals surface area contributed by atoms with Crippen molar-refractivity contribution >= 4 is 22.6 Å². The van der Waals surface area contributed by atoms with Crippen molar-refractivity contribution in [2.45, 2.75) is 25.8 Å². The number of nitrogens with one attached hydrogen (secondary N) is 1. The van der Waals surface area contributed by atoms with Crippen molar-refractivity contribution in [2.75, 3.05) is 13.7 Å². The largest absolute Gasteiger partial charge is 0.496 e. The van der Waals surface area contributed by atoms with Crippen molar-refractivity contribution < 1.29 is 23.8 Å². The molecular weight excluding hydrogens is 454 g/mol. The first kappa shape index (κ1) is 24.8. The van der Waals surface area contributed by atoms with E-state index in [4.69, 9.17) is 14.2 Å². The quantitative estimate of drug-likeness (QED) is 0.227. The van der Waals surface area contributed by atoms with Crippen molar-refractivity contribution in [3.05, 3.63) is 102 Å². The fourth-order valence-corrected chi connectivity index (χ4v) is 4.14. The summed E-state index contributed by atoms with van der Waals surface area (Å²) in [5, 5.41) is 4.96. The summed E-state index contributed by atoms with van der Waals surface area (Å²) in [4.78, 5) is 25.7. The minimum Gasteiger partial charge on any atom is -0.496 e. The molecule has 0 spiro atoms. The molecule has 4 rings (SSSR count). The average Bonchev–Trinajstić information content (AvgIpc) is 2.91. The van der Waals surface area contributed by atoms with Gasteiger partial charge in [0.15, 0.2) is 6.61 Å². The van der Waals surface area contributed by atoms with Gasteiger partial charge in [-0.25, -0.2) is 4.79 Å². The number of hydrogen-bond acceptors (Lipinski definition) is 5. The van der Waals surface area contributed by atoms with Crippen LogP contribution in [0.1, 0.15) is 36.9 Å². The van der Waals surface area contributed by atoms with Gasteiger partial charge in [-0.2, -0.15) is 0 Å². The highest BCUT2D eigenvalue weighted by Crippen LogP contribution is 2.39. The van der Waals surface area contributed by atoms with Crippen LogP contribution in [0.4, 0.5) is 0 Å². The molecule has 1 atom stereocenters. The second kappa shape index (κ2) is 11.9. The van der Waals surface area contributed by atoms with E-state index in [-0.39, 0.29) is 12.5 Å². The topological polar surface area (TPSA) is 73.9 Å². The van der Waals surface area contributed by atoms with Gasteiger partial charge in [0.2, 0.25) is 5.91 Å². The first-order chi connectivity index (χ1) is 17.6. The van der Waals surface area contributed by atoms with E-state index in [0.717, 1.165) is 16.3 Å². The summed E-state index contributed by atoms with van der Waals surface area (Å²) in [6.07, 6.45) is 1.08. The number of methoxy groups -OCH3 is 1. The number of fused-ring (bicyclic) bond motifs is 1. The van der Waals surface area contributed by atoms with Crippen LogP contribution in [0.3, 0.4) is 0 Å². The molecule has 0 bridgehead atoms. The van der Waals surface area contributed by atoms with Crippen LogP contribution < -0.4 is 19.5 Å². The SMILES string of the molecule is CCCC(=O)N[C@H](c1ccccc1OC)c1c(OC(=O)COc2ccccc2)ccc2ccccc12. The molecule has 6 nitrogen and oxygen atoms in total. The molecule has 6 heteroatoms. The zero-order valence-corrected chi connectivity index (χ0v) is 20.4. The molecule has 0 saturated heterocycles. The number of ether oxygens (including phenoxy) is 3. The highest BCUT2D eigenvalue weighted by atomic mass is 16.6. The summed E-state index contributed by atoms with van der Waals surface area (Å²) in [5.41, 5.74) is 1.44. The van der Waals surface area contributed by atoms with Crippen LogP contribution in [0.15, 0.2) is 91.0 Å². The zero-order valence-electron chi connectivity index (χ0n) is 20.4. The van der Waals surface area contributed by atoms with Crippen LogP contribution in [-0.4, -0.2) is 25.6 Å². The van der Waals surface area contributed by atoms with Gasteiger partial charge in [-0.3, -0.25) is 4.79 Å². The van der Waals surface area contributed by atoms with Gasteiger partial charge >= 0.3 is 5.97 Å². The fraction of sp³-hybridized carbons (Fsp3) is 0.200. The fourth-order valence-electron chi connectivity index (χ4n) is 4.14. The van der Waals surface area contributed by atoms with E-state index in [1.54, 1.807) is 25.3 Å². The van der Waals surface area contributed by atoms with Gasteiger partial charge in [0, 0.05) is 17.5 Å². The highest BCUT2D eigenvalue weighted by Gasteiger charge is 2.26. The Bertz CT molecular complexity index is 1340. The summed E-state index contributed by atoms with van der Waals surface area (Å²) >= 11 is 0. The summed E-state index contributed by atoms with van der Waals surface area (Å²) in [5.74, 6) is 0.895. The number of hydrogen-bond donors (Lipinski definition) is 1. The number of amides is 1. The van der Waals surface area contributed by atoms with Gasteiger partial charge in [-0.05, 0) is 41.5 Å². The molecule has 184 valence electrons. The Morgan fingerprint density at radius 3 is 2.33 bits per heavy atom. The van der Waals surface area contributed by atoms with Crippen LogP contribution in [0.25, 0.3) is 10.8 Å². The van der Waals surface area contributed by atoms with E-state index >= 15 is 0 Å². The molecule has 0 saturated carbocycles. The molecule has 0 heterocycles. The van der Waals surface area contributed by atoms with Gasteiger partial charge in [-0.15, -0.1) is 0 Å². The van der Waals surface area contributed by atoms with Crippen LogP contribution in [-0.2, 0) is 9.59 Å². The number of carbonyl (C=O) groups excluding carboxylic acids is 2. The molecule has 0 fully saturated rings. The molecule has 0 aliphatic carbocycles. The molecule has 0 aliphatic rings. The lowest BCUT2D eigenvalue weighted by Crippen LogP contribution is -2.30. The predicted molar refractivity (Wildman–Crippen MR) is 139 cm³/mol. The Kier molecular flexibility index (Phi) is 8.19.